The first-order chi connectivity index (χ1) is 16.6. The summed E-state index contributed by atoms with van der Waals surface area (Å²) >= 11 is 6.77. The Balaban J connectivity index is 1.58. The van der Waals surface area contributed by atoms with Crippen LogP contribution in [0.2, 0.25) is 0 Å². The predicted octanol–water partition coefficient (Wildman–Crippen LogP) is 5.52. The van der Waals surface area contributed by atoms with Gasteiger partial charge < -0.3 is 14.8 Å². The molecule has 3 aromatic carbocycles. The number of sulfonamides is 1. The Labute approximate surface area is 220 Å². The summed E-state index contributed by atoms with van der Waals surface area (Å²) in [5.41, 5.74) is 1.99. The van der Waals surface area contributed by atoms with E-state index in [2.05, 4.69) is 41.9 Å². The topological polar surface area (TPSA) is 111 Å². The van der Waals surface area contributed by atoms with Crippen molar-refractivity contribution >= 4 is 65.1 Å². The monoisotopic (exact) mass is 624 g/mol. The fraction of sp³-hybridized carbons (Fsp3) is 0.167. The molecule has 0 aliphatic carbocycles. The van der Waals surface area contributed by atoms with Crippen LogP contribution >= 0.6 is 31.9 Å². The van der Waals surface area contributed by atoms with Crippen LogP contribution < -0.4 is 14.8 Å². The molecule has 0 heterocycles. The molecule has 35 heavy (non-hydrogen) atoms. The van der Waals surface area contributed by atoms with Gasteiger partial charge in [0, 0.05) is 14.6 Å². The quantitative estimate of drug-likeness (QED) is 0.303. The van der Waals surface area contributed by atoms with E-state index in [-0.39, 0.29) is 10.5 Å². The number of hydrogen-bond acceptors (Lipinski definition) is 6. The minimum Gasteiger partial charge on any atom is -0.494 e. The molecule has 0 atom stereocenters. The molecular formula is C24H22Br2N2O6S. The van der Waals surface area contributed by atoms with Gasteiger partial charge in [-0.15, -0.1) is 0 Å². The van der Waals surface area contributed by atoms with E-state index >= 15 is 0 Å². The lowest BCUT2D eigenvalue weighted by Crippen LogP contribution is -2.21. The first-order valence-corrected chi connectivity index (χ1v) is 13.4. The second-order valence-electron chi connectivity index (χ2n) is 7.32. The van der Waals surface area contributed by atoms with Crippen LogP contribution in [-0.2, 0) is 19.6 Å². The van der Waals surface area contributed by atoms with E-state index in [1.165, 1.54) is 24.3 Å². The van der Waals surface area contributed by atoms with Gasteiger partial charge in [-0.3, -0.25) is 9.52 Å². The molecule has 0 bridgehead atoms. The van der Waals surface area contributed by atoms with Gasteiger partial charge in [0.1, 0.15) is 5.75 Å². The third-order valence-corrected chi connectivity index (χ3v) is 7.25. The van der Waals surface area contributed by atoms with Crippen molar-refractivity contribution in [2.45, 2.75) is 18.7 Å². The smallest absolute Gasteiger partial charge is 0.338 e. The number of carbonyl (C=O) groups excluding carboxylic acids is 2. The Bertz CT molecular complexity index is 1300. The highest BCUT2D eigenvalue weighted by Gasteiger charge is 2.17. The zero-order valence-electron chi connectivity index (χ0n) is 18.8. The normalized spacial score (nSPS) is 11.0. The van der Waals surface area contributed by atoms with Crippen molar-refractivity contribution in [3.05, 3.63) is 80.7 Å². The Morgan fingerprint density at radius 1 is 0.943 bits per heavy atom. The van der Waals surface area contributed by atoms with Crippen molar-refractivity contribution in [1.29, 1.82) is 0 Å². The van der Waals surface area contributed by atoms with Gasteiger partial charge >= 0.3 is 5.97 Å². The van der Waals surface area contributed by atoms with Gasteiger partial charge in [-0.05, 0) is 112 Å². The molecule has 0 unspecified atom stereocenters. The largest absolute Gasteiger partial charge is 0.494 e. The van der Waals surface area contributed by atoms with Gasteiger partial charge in [-0.1, -0.05) is 0 Å². The Morgan fingerprint density at radius 2 is 1.54 bits per heavy atom. The van der Waals surface area contributed by atoms with Crippen molar-refractivity contribution < 1.29 is 27.5 Å². The van der Waals surface area contributed by atoms with E-state index in [1.54, 1.807) is 24.3 Å². The highest BCUT2D eigenvalue weighted by atomic mass is 79.9. The molecule has 184 valence electrons. The Kier molecular flexibility index (Phi) is 8.92. The molecule has 8 nitrogen and oxygen atoms in total. The molecule has 0 fully saturated rings. The number of ether oxygens (including phenoxy) is 2. The van der Waals surface area contributed by atoms with Crippen LogP contribution in [0, 0.1) is 6.92 Å². The third-order valence-electron chi connectivity index (χ3n) is 4.60. The molecule has 0 saturated heterocycles. The first-order valence-electron chi connectivity index (χ1n) is 10.4. The molecular weight excluding hydrogens is 604 g/mol. The van der Waals surface area contributed by atoms with Crippen LogP contribution in [0.25, 0.3) is 0 Å². The molecule has 0 saturated carbocycles. The van der Waals surface area contributed by atoms with E-state index in [9.17, 15) is 18.0 Å². The predicted molar refractivity (Wildman–Crippen MR) is 140 cm³/mol. The lowest BCUT2D eigenvalue weighted by molar-refractivity contribution is -0.119. The number of aryl methyl sites for hydroxylation is 1. The van der Waals surface area contributed by atoms with Crippen molar-refractivity contribution in [3.8, 4) is 5.75 Å². The summed E-state index contributed by atoms with van der Waals surface area (Å²) in [7, 11) is -3.87. The summed E-state index contributed by atoms with van der Waals surface area (Å²) in [6.45, 7) is 3.77. The number of carbonyl (C=O) groups is 2. The van der Waals surface area contributed by atoms with Gasteiger partial charge in [-0.25, -0.2) is 13.2 Å². The zero-order chi connectivity index (χ0) is 25.6. The molecule has 0 aliphatic heterocycles. The lowest BCUT2D eigenvalue weighted by Gasteiger charge is -2.11. The standard InChI is InChI=1S/C24H22Br2N2O6S/c1-3-33-18-8-6-17(7-9-18)28-35(31,32)19-10-4-16(5-11-19)24(30)34-14-22(29)27-23-20(25)12-15(2)13-21(23)26/h4-13,28H,3,14H2,1-2H3,(H,27,29). The molecule has 1 amide bonds. The lowest BCUT2D eigenvalue weighted by atomic mass is 10.2. The van der Waals surface area contributed by atoms with E-state index < -0.39 is 28.5 Å². The molecule has 2 N–H and O–H groups in total. The Morgan fingerprint density at radius 3 is 2.11 bits per heavy atom. The average molecular weight is 626 g/mol. The van der Waals surface area contributed by atoms with Crippen LogP contribution in [0.15, 0.2) is 74.5 Å². The maximum Gasteiger partial charge on any atom is 0.338 e. The maximum atomic E-state index is 12.6. The number of amides is 1. The van der Waals surface area contributed by atoms with Crippen molar-refractivity contribution in [1.82, 2.24) is 0 Å². The number of halogens is 2. The first kappa shape index (κ1) is 26.7. The van der Waals surface area contributed by atoms with Crippen molar-refractivity contribution in [3.63, 3.8) is 0 Å². The van der Waals surface area contributed by atoms with E-state index in [4.69, 9.17) is 9.47 Å². The third kappa shape index (κ3) is 7.30. The minimum absolute atomic E-state index is 0.0326. The molecule has 11 heteroatoms. The van der Waals surface area contributed by atoms with Crippen molar-refractivity contribution in [2.75, 3.05) is 23.3 Å². The number of esters is 1. The van der Waals surface area contributed by atoms with Crippen LogP contribution in [0.5, 0.6) is 5.75 Å². The van der Waals surface area contributed by atoms with Crippen LogP contribution in [0.4, 0.5) is 11.4 Å². The molecule has 0 aliphatic rings. The summed E-state index contributed by atoms with van der Waals surface area (Å²) in [6.07, 6.45) is 0. The number of nitrogens with one attached hydrogen (secondary N) is 2. The fourth-order valence-corrected chi connectivity index (χ4v) is 5.65. The summed E-state index contributed by atoms with van der Waals surface area (Å²) in [4.78, 5) is 24.5. The van der Waals surface area contributed by atoms with Gasteiger partial charge in [0.05, 0.1) is 22.8 Å². The van der Waals surface area contributed by atoms with Crippen LogP contribution in [-0.4, -0.2) is 33.5 Å². The summed E-state index contributed by atoms with van der Waals surface area (Å²) in [5.74, 6) is -0.654. The van der Waals surface area contributed by atoms with Gasteiger partial charge in [0.2, 0.25) is 0 Å². The van der Waals surface area contributed by atoms with Gasteiger partial charge in [0.25, 0.3) is 15.9 Å². The Hall–Kier alpha value is -2.89. The molecule has 0 spiro atoms. The van der Waals surface area contributed by atoms with Gasteiger partial charge in [-0.2, -0.15) is 0 Å². The average Bonchev–Trinajstić information content (AvgIpc) is 2.81. The number of hydrogen-bond donors (Lipinski definition) is 2. The molecule has 0 aromatic heterocycles. The molecule has 0 radical (unpaired) electrons. The second kappa shape index (κ2) is 11.7. The second-order valence-corrected chi connectivity index (χ2v) is 10.7. The maximum absolute atomic E-state index is 12.6. The zero-order valence-corrected chi connectivity index (χ0v) is 22.8. The van der Waals surface area contributed by atoms with E-state index in [0.29, 0.717) is 32.7 Å². The highest BCUT2D eigenvalue weighted by Crippen LogP contribution is 2.32. The summed E-state index contributed by atoms with van der Waals surface area (Å²) in [5, 5.41) is 2.67. The highest BCUT2D eigenvalue weighted by molar-refractivity contribution is 9.11. The summed E-state index contributed by atoms with van der Waals surface area (Å²) < 4.78 is 39.5. The van der Waals surface area contributed by atoms with E-state index in [1.807, 2.05) is 26.0 Å². The number of anilines is 2. The van der Waals surface area contributed by atoms with Crippen LogP contribution in [0.3, 0.4) is 0 Å². The van der Waals surface area contributed by atoms with Crippen LogP contribution in [0.1, 0.15) is 22.8 Å². The van der Waals surface area contributed by atoms with Gasteiger partial charge in [0.15, 0.2) is 6.61 Å². The van der Waals surface area contributed by atoms with Crippen molar-refractivity contribution in [2.24, 2.45) is 0 Å². The minimum atomic E-state index is -3.87. The van der Waals surface area contributed by atoms with E-state index in [0.717, 1.165) is 5.56 Å². The molecule has 3 rings (SSSR count). The number of benzene rings is 3. The fourth-order valence-electron chi connectivity index (χ4n) is 2.98. The SMILES string of the molecule is CCOc1ccc(NS(=O)(=O)c2ccc(C(=O)OCC(=O)Nc3c(Br)cc(C)cc3Br)cc2)cc1. The molecule has 3 aromatic rings. The summed E-state index contributed by atoms with van der Waals surface area (Å²) in [6, 6.07) is 15.4. The number of rotatable bonds is 9.